The number of carbonyl (C=O) groups is 1. The number of aromatic nitrogens is 1. The number of carbonyl (C=O) groups excluding carboxylic acids is 1. The lowest BCUT2D eigenvalue weighted by Gasteiger charge is -2.23. The van der Waals surface area contributed by atoms with Gasteiger partial charge >= 0.3 is 0 Å². The summed E-state index contributed by atoms with van der Waals surface area (Å²) >= 11 is 1.45. The molecule has 1 aliphatic rings. The summed E-state index contributed by atoms with van der Waals surface area (Å²) in [7, 11) is 4.24. The van der Waals surface area contributed by atoms with E-state index in [1.165, 1.54) is 11.3 Å². The minimum Gasteiger partial charge on any atom is -0.337 e. The lowest BCUT2D eigenvalue weighted by atomic mass is 10.1. The van der Waals surface area contributed by atoms with Crippen LogP contribution in [0.25, 0.3) is 11.3 Å². The van der Waals surface area contributed by atoms with Crippen LogP contribution in [0.2, 0.25) is 0 Å². The van der Waals surface area contributed by atoms with Crippen molar-refractivity contribution in [3.8, 4) is 11.3 Å². The van der Waals surface area contributed by atoms with E-state index in [1.54, 1.807) is 0 Å². The predicted octanol–water partition coefficient (Wildman–Crippen LogP) is 3.37. The Hall–Kier alpha value is -1.72. The molecule has 0 bridgehead atoms. The fourth-order valence-electron chi connectivity index (χ4n) is 3.05. The Morgan fingerprint density at radius 2 is 2.00 bits per heavy atom. The first-order valence-corrected chi connectivity index (χ1v) is 9.00. The molecule has 2 aromatic rings. The van der Waals surface area contributed by atoms with Crippen LogP contribution in [0.5, 0.6) is 0 Å². The van der Waals surface area contributed by atoms with E-state index in [0.717, 1.165) is 43.6 Å². The highest BCUT2D eigenvalue weighted by Crippen LogP contribution is 2.23. The van der Waals surface area contributed by atoms with E-state index in [4.69, 9.17) is 0 Å². The zero-order valence-corrected chi connectivity index (χ0v) is 14.6. The van der Waals surface area contributed by atoms with Crippen molar-refractivity contribution in [3.05, 3.63) is 40.7 Å². The zero-order valence-electron chi connectivity index (χ0n) is 13.7. The summed E-state index contributed by atoms with van der Waals surface area (Å²) in [6.07, 6.45) is 3.26. The molecular weight excluding hydrogens is 306 g/mol. The van der Waals surface area contributed by atoms with Crippen LogP contribution in [0, 0.1) is 0 Å². The van der Waals surface area contributed by atoms with E-state index in [9.17, 15) is 4.79 Å². The molecule has 0 spiro atoms. The summed E-state index contributed by atoms with van der Waals surface area (Å²) in [5, 5.41) is 2.58. The monoisotopic (exact) mass is 329 g/mol. The van der Waals surface area contributed by atoms with Gasteiger partial charge in [0.05, 0.1) is 5.69 Å². The van der Waals surface area contributed by atoms with Gasteiger partial charge in [-0.2, -0.15) is 0 Å². The SMILES string of the molecule is CN(C)C1CCCN(C(=O)c2nc(-c3ccccc3)cs2)CC1. The average Bonchev–Trinajstić information content (AvgIpc) is 2.92. The molecule has 1 fully saturated rings. The van der Waals surface area contributed by atoms with Crippen LogP contribution in [0.1, 0.15) is 29.1 Å². The first-order chi connectivity index (χ1) is 11.1. The number of nitrogens with zero attached hydrogens (tertiary/aromatic N) is 3. The highest BCUT2D eigenvalue weighted by molar-refractivity contribution is 7.12. The number of benzene rings is 1. The van der Waals surface area contributed by atoms with E-state index in [-0.39, 0.29) is 5.91 Å². The predicted molar refractivity (Wildman–Crippen MR) is 94.8 cm³/mol. The number of likely N-dealkylation sites (tertiary alicyclic amines) is 1. The molecule has 1 atom stereocenters. The molecule has 0 N–H and O–H groups in total. The van der Waals surface area contributed by atoms with Gasteiger partial charge in [-0.25, -0.2) is 4.98 Å². The Balaban J connectivity index is 1.70. The molecule has 1 aromatic heterocycles. The second-order valence-corrected chi connectivity index (χ2v) is 7.10. The second-order valence-electron chi connectivity index (χ2n) is 6.24. The molecule has 0 saturated carbocycles. The molecule has 0 radical (unpaired) electrons. The highest BCUT2D eigenvalue weighted by atomic mass is 32.1. The molecule has 1 saturated heterocycles. The van der Waals surface area contributed by atoms with Crippen molar-refractivity contribution in [2.45, 2.75) is 25.3 Å². The van der Waals surface area contributed by atoms with Gasteiger partial charge in [-0.05, 0) is 33.4 Å². The van der Waals surface area contributed by atoms with Gasteiger partial charge in [0.2, 0.25) is 0 Å². The fraction of sp³-hybridized carbons (Fsp3) is 0.444. The molecule has 3 rings (SSSR count). The third-order valence-electron chi connectivity index (χ3n) is 4.47. The third kappa shape index (κ3) is 3.79. The van der Waals surface area contributed by atoms with E-state index < -0.39 is 0 Å². The van der Waals surface area contributed by atoms with Gasteiger partial charge in [0.15, 0.2) is 5.01 Å². The molecule has 5 heteroatoms. The van der Waals surface area contributed by atoms with Crippen molar-refractivity contribution in [2.24, 2.45) is 0 Å². The molecule has 23 heavy (non-hydrogen) atoms. The highest BCUT2D eigenvalue weighted by Gasteiger charge is 2.24. The molecule has 122 valence electrons. The number of hydrogen-bond donors (Lipinski definition) is 0. The van der Waals surface area contributed by atoms with Gasteiger partial charge in [0, 0.05) is 30.1 Å². The van der Waals surface area contributed by atoms with E-state index in [2.05, 4.69) is 24.0 Å². The normalized spacial score (nSPS) is 18.9. The van der Waals surface area contributed by atoms with Gasteiger partial charge in [-0.3, -0.25) is 4.79 Å². The van der Waals surface area contributed by atoms with Crippen molar-refractivity contribution in [1.82, 2.24) is 14.8 Å². The summed E-state index contributed by atoms with van der Waals surface area (Å²) < 4.78 is 0. The minimum absolute atomic E-state index is 0.0802. The molecule has 2 heterocycles. The van der Waals surface area contributed by atoms with Crippen molar-refractivity contribution < 1.29 is 4.79 Å². The summed E-state index contributed by atoms with van der Waals surface area (Å²) in [5.41, 5.74) is 1.95. The number of amides is 1. The summed E-state index contributed by atoms with van der Waals surface area (Å²) in [6.45, 7) is 1.66. The van der Waals surface area contributed by atoms with Crippen LogP contribution in [0.15, 0.2) is 35.7 Å². The Morgan fingerprint density at radius 3 is 2.74 bits per heavy atom. The maximum Gasteiger partial charge on any atom is 0.282 e. The van der Waals surface area contributed by atoms with E-state index in [0.29, 0.717) is 11.0 Å². The van der Waals surface area contributed by atoms with E-state index >= 15 is 0 Å². The molecular formula is C18H23N3OS. The lowest BCUT2D eigenvalue weighted by Crippen LogP contribution is -2.33. The number of thiazole rings is 1. The molecule has 0 aliphatic carbocycles. The van der Waals surface area contributed by atoms with Crippen molar-refractivity contribution in [2.75, 3.05) is 27.2 Å². The molecule has 1 amide bonds. The largest absolute Gasteiger partial charge is 0.337 e. The molecule has 1 aliphatic heterocycles. The first kappa shape index (κ1) is 16.1. The van der Waals surface area contributed by atoms with Crippen LogP contribution in [-0.4, -0.2) is 53.9 Å². The van der Waals surface area contributed by atoms with Crippen molar-refractivity contribution in [1.29, 1.82) is 0 Å². The minimum atomic E-state index is 0.0802. The van der Waals surface area contributed by atoms with Gasteiger partial charge in [-0.1, -0.05) is 30.3 Å². The van der Waals surface area contributed by atoms with Crippen LogP contribution in [0.3, 0.4) is 0 Å². The average molecular weight is 329 g/mol. The number of hydrogen-bond acceptors (Lipinski definition) is 4. The molecule has 4 nitrogen and oxygen atoms in total. The standard InChI is InChI=1S/C18H23N3OS/c1-20(2)15-9-6-11-21(12-10-15)18(22)17-19-16(13-23-17)14-7-4-3-5-8-14/h3-5,7-8,13,15H,6,9-12H2,1-2H3. The smallest absolute Gasteiger partial charge is 0.282 e. The Bertz CT molecular complexity index is 653. The lowest BCUT2D eigenvalue weighted by molar-refractivity contribution is 0.0758. The summed E-state index contributed by atoms with van der Waals surface area (Å²) in [6, 6.07) is 10.6. The zero-order chi connectivity index (χ0) is 16.2. The van der Waals surface area contributed by atoms with Gasteiger partial charge < -0.3 is 9.80 Å². The van der Waals surface area contributed by atoms with Crippen LogP contribution >= 0.6 is 11.3 Å². The number of rotatable bonds is 3. The topological polar surface area (TPSA) is 36.4 Å². The maximum atomic E-state index is 12.7. The Kier molecular flexibility index (Phi) is 5.08. The van der Waals surface area contributed by atoms with Gasteiger partial charge in [-0.15, -0.1) is 11.3 Å². The van der Waals surface area contributed by atoms with Crippen LogP contribution in [-0.2, 0) is 0 Å². The maximum absolute atomic E-state index is 12.7. The Labute approximate surface area is 141 Å². The first-order valence-electron chi connectivity index (χ1n) is 8.12. The van der Waals surface area contributed by atoms with Crippen LogP contribution < -0.4 is 0 Å². The Morgan fingerprint density at radius 1 is 1.22 bits per heavy atom. The quantitative estimate of drug-likeness (QED) is 0.866. The van der Waals surface area contributed by atoms with Gasteiger partial charge in [0.25, 0.3) is 5.91 Å². The second kappa shape index (κ2) is 7.23. The van der Waals surface area contributed by atoms with E-state index in [1.807, 2.05) is 40.6 Å². The third-order valence-corrected chi connectivity index (χ3v) is 5.30. The summed E-state index contributed by atoms with van der Waals surface area (Å²) in [5.74, 6) is 0.0802. The summed E-state index contributed by atoms with van der Waals surface area (Å²) in [4.78, 5) is 21.5. The molecule has 1 unspecified atom stereocenters. The fourth-order valence-corrected chi connectivity index (χ4v) is 3.84. The van der Waals surface area contributed by atoms with Crippen LogP contribution in [0.4, 0.5) is 0 Å². The van der Waals surface area contributed by atoms with Crippen molar-refractivity contribution in [3.63, 3.8) is 0 Å². The van der Waals surface area contributed by atoms with Gasteiger partial charge in [0.1, 0.15) is 0 Å². The molecule has 1 aromatic carbocycles. The van der Waals surface area contributed by atoms with Crippen molar-refractivity contribution >= 4 is 17.2 Å².